The summed E-state index contributed by atoms with van der Waals surface area (Å²) in [5.74, 6) is 1.33. The fraction of sp³-hybridized carbons (Fsp3) is 0.538. The van der Waals surface area contributed by atoms with Crippen molar-refractivity contribution in [1.29, 1.82) is 0 Å². The third-order valence-corrected chi connectivity index (χ3v) is 2.26. The Morgan fingerprint density at radius 2 is 1.83 bits per heavy atom. The van der Waals surface area contributed by atoms with Crippen LogP contribution in [0.4, 0.5) is 0 Å². The third kappa shape index (κ3) is 6.10. The van der Waals surface area contributed by atoms with Crippen molar-refractivity contribution < 1.29 is 14.6 Å². The number of halogens is 1. The molecule has 104 valence electrons. The van der Waals surface area contributed by atoms with Crippen molar-refractivity contribution in [2.75, 3.05) is 20.3 Å². The fourth-order valence-corrected chi connectivity index (χ4v) is 1.35. The molecule has 0 aromatic heterocycles. The maximum atomic E-state index is 9.69. The predicted molar refractivity (Wildman–Crippen MR) is 74.9 cm³/mol. The molecule has 1 aromatic carbocycles. The van der Waals surface area contributed by atoms with Crippen LogP contribution in [0.3, 0.4) is 0 Å². The summed E-state index contributed by atoms with van der Waals surface area (Å²) in [6.45, 7) is 4.84. The van der Waals surface area contributed by atoms with Crippen molar-refractivity contribution in [3.63, 3.8) is 0 Å². The minimum Gasteiger partial charge on any atom is -0.493 e. The molecule has 1 rings (SSSR count). The maximum absolute atomic E-state index is 9.69. The molecule has 0 aliphatic carbocycles. The Kier molecular flexibility index (Phi) is 8.54. The van der Waals surface area contributed by atoms with Gasteiger partial charge in [-0.15, -0.1) is 12.4 Å². The molecule has 0 saturated carbocycles. The van der Waals surface area contributed by atoms with E-state index in [2.05, 4.69) is 5.32 Å². The van der Waals surface area contributed by atoms with Gasteiger partial charge in [0.25, 0.3) is 0 Å². The monoisotopic (exact) mass is 275 g/mol. The quantitative estimate of drug-likeness (QED) is 0.797. The Labute approximate surface area is 115 Å². The molecule has 0 heterocycles. The molecule has 1 atom stereocenters. The van der Waals surface area contributed by atoms with Gasteiger partial charge in [0.1, 0.15) is 12.7 Å². The van der Waals surface area contributed by atoms with Gasteiger partial charge in [-0.3, -0.25) is 0 Å². The highest BCUT2D eigenvalue weighted by molar-refractivity contribution is 5.85. The summed E-state index contributed by atoms with van der Waals surface area (Å²) in [4.78, 5) is 0. The first kappa shape index (κ1) is 17.0. The van der Waals surface area contributed by atoms with Crippen LogP contribution in [-0.2, 0) is 0 Å². The number of nitrogens with one attached hydrogen (secondary N) is 1. The lowest BCUT2D eigenvalue weighted by Crippen LogP contribution is -2.35. The number of hydrogen-bond acceptors (Lipinski definition) is 4. The molecule has 0 spiro atoms. The van der Waals surface area contributed by atoms with Crippen LogP contribution in [0.15, 0.2) is 24.3 Å². The lowest BCUT2D eigenvalue weighted by Gasteiger charge is -2.16. The summed E-state index contributed by atoms with van der Waals surface area (Å²) in [5, 5.41) is 12.8. The molecule has 0 fully saturated rings. The van der Waals surface area contributed by atoms with E-state index in [4.69, 9.17) is 9.47 Å². The van der Waals surface area contributed by atoms with E-state index in [0.717, 1.165) is 0 Å². The number of aliphatic hydroxyl groups is 1. The molecule has 5 heteroatoms. The summed E-state index contributed by atoms with van der Waals surface area (Å²) in [6, 6.07) is 7.75. The van der Waals surface area contributed by atoms with E-state index in [-0.39, 0.29) is 19.0 Å². The molecule has 18 heavy (non-hydrogen) atoms. The number of ether oxygens (including phenoxy) is 2. The SMILES string of the molecule is COc1ccccc1OCC(O)CNC(C)C.Cl. The number of aliphatic hydroxyl groups excluding tert-OH is 1. The maximum Gasteiger partial charge on any atom is 0.161 e. The van der Waals surface area contributed by atoms with E-state index in [0.29, 0.717) is 24.1 Å². The van der Waals surface area contributed by atoms with E-state index in [9.17, 15) is 5.11 Å². The van der Waals surface area contributed by atoms with Gasteiger partial charge < -0.3 is 19.9 Å². The van der Waals surface area contributed by atoms with Crippen LogP contribution >= 0.6 is 12.4 Å². The largest absolute Gasteiger partial charge is 0.493 e. The second-order valence-electron chi connectivity index (χ2n) is 4.18. The van der Waals surface area contributed by atoms with Gasteiger partial charge in [-0.25, -0.2) is 0 Å². The zero-order valence-corrected chi connectivity index (χ0v) is 11.9. The molecule has 4 nitrogen and oxygen atoms in total. The molecular weight excluding hydrogens is 254 g/mol. The Bertz CT molecular complexity index is 334. The van der Waals surface area contributed by atoms with Crippen molar-refractivity contribution >= 4 is 12.4 Å². The standard InChI is InChI=1S/C13H21NO3.ClH/c1-10(2)14-8-11(15)9-17-13-7-5-4-6-12(13)16-3;/h4-7,10-11,14-15H,8-9H2,1-3H3;1H. The first-order chi connectivity index (χ1) is 8.13. The summed E-state index contributed by atoms with van der Waals surface area (Å²) < 4.78 is 10.7. The van der Waals surface area contributed by atoms with Crippen LogP contribution in [0.1, 0.15) is 13.8 Å². The molecule has 1 unspecified atom stereocenters. The number of para-hydroxylation sites is 2. The molecular formula is C13H22ClNO3. The number of rotatable bonds is 7. The average Bonchev–Trinajstić information content (AvgIpc) is 2.34. The molecule has 0 bridgehead atoms. The first-order valence-corrected chi connectivity index (χ1v) is 5.80. The molecule has 0 aliphatic rings. The minimum atomic E-state index is -0.526. The molecule has 0 amide bonds. The van der Waals surface area contributed by atoms with Gasteiger partial charge in [0.15, 0.2) is 11.5 Å². The molecule has 0 aliphatic heterocycles. The number of methoxy groups -OCH3 is 1. The van der Waals surface area contributed by atoms with Gasteiger partial charge in [0, 0.05) is 12.6 Å². The second kappa shape index (κ2) is 9.03. The van der Waals surface area contributed by atoms with E-state index in [1.165, 1.54) is 0 Å². The topological polar surface area (TPSA) is 50.7 Å². The van der Waals surface area contributed by atoms with Crippen LogP contribution in [-0.4, -0.2) is 37.5 Å². The van der Waals surface area contributed by atoms with Crippen LogP contribution in [0, 0.1) is 0 Å². The Hall–Kier alpha value is -0.970. The van der Waals surface area contributed by atoms with Gasteiger partial charge in [-0.05, 0) is 12.1 Å². The highest BCUT2D eigenvalue weighted by atomic mass is 35.5. The summed E-state index contributed by atoms with van der Waals surface area (Å²) in [7, 11) is 1.60. The molecule has 2 N–H and O–H groups in total. The van der Waals surface area contributed by atoms with Crippen molar-refractivity contribution in [2.24, 2.45) is 0 Å². The second-order valence-corrected chi connectivity index (χ2v) is 4.18. The van der Waals surface area contributed by atoms with E-state index in [1.807, 2.05) is 38.1 Å². The van der Waals surface area contributed by atoms with Gasteiger partial charge >= 0.3 is 0 Å². The minimum absolute atomic E-state index is 0. The first-order valence-electron chi connectivity index (χ1n) is 5.80. The van der Waals surface area contributed by atoms with Gasteiger partial charge in [0.05, 0.1) is 7.11 Å². The summed E-state index contributed by atoms with van der Waals surface area (Å²) >= 11 is 0. The Morgan fingerprint density at radius 1 is 1.22 bits per heavy atom. The van der Waals surface area contributed by atoms with Crippen molar-refractivity contribution in [2.45, 2.75) is 26.0 Å². The summed E-state index contributed by atoms with van der Waals surface area (Å²) in [5.41, 5.74) is 0. The highest BCUT2D eigenvalue weighted by Gasteiger charge is 2.08. The summed E-state index contributed by atoms with van der Waals surface area (Å²) in [6.07, 6.45) is -0.526. The van der Waals surface area contributed by atoms with Gasteiger partial charge in [-0.2, -0.15) is 0 Å². The zero-order chi connectivity index (χ0) is 12.7. The van der Waals surface area contributed by atoms with Gasteiger partial charge in [0.2, 0.25) is 0 Å². The normalized spacial score (nSPS) is 11.8. The Balaban J connectivity index is 0.00000289. The molecule has 0 saturated heterocycles. The van der Waals surface area contributed by atoms with Gasteiger partial charge in [-0.1, -0.05) is 26.0 Å². The number of hydrogen-bond donors (Lipinski definition) is 2. The highest BCUT2D eigenvalue weighted by Crippen LogP contribution is 2.25. The van der Waals surface area contributed by atoms with E-state index in [1.54, 1.807) is 7.11 Å². The predicted octanol–water partition coefficient (Wildman–Crippen LogP) is 1.85. The van der Waals surface area contributed by atoms with Crippen LogP contribution < -0.4 is 14.8 Å². The van der Waals surface area contributed by atoms with Crippen LogP contribution in [0.2, 0.25) is 0 Å². The van der Waals surface area contributed by atoms with Crippen LogP contribution in [0.25, 0.3) is 0 Å². The zero-order valence-electron chi connectivity index (χ0n) is 11.1. The molecule has 1 aromatic rings. The number of benzene rings is 1. The van der Waals surface area contributed by atoms with E-state index >= 15 is 0 Å². The van der Waals surface area contributed by atoms with Crippen molar-refractivity contribution in [3.05, 3.63) is 24.3 Å². The van der Waals surface area contributed by atoms with Crippen LogP contribution in [0.5, 0.6) is 11.5 Å². The lowest BCUT2D eigenvalue weighted by molar-refractivity contribution is 0.103. The van der Waals surface area contributed by atoms with Crippen molar-refractivity contribution in [3.8, 4) is 11.5 Å². The Morgan fingerprint density at radius 3 is 2.39 bits per heavy atom. The van der Waals surface area contributed by atoms with Crippen molar-refractivity contribution in [1.82, 2.24) is 5.32 Å². The molecule has 0 radical (unpaired) electrons. The lowest BCUT2D eigenvalue weighted by atomic mass is 10.3. The average molecular weight is 276 g/mol. The smallest absolute Gasteiger partial charge is 0.161 e. The van der Waals surface area contributed by atoms with E-state index < -0.39 is 6.10 Å². The fourth-order valence-electron chi connectivity index (χ4n) is 1.35. The third-order valence-electron chi connectivity index (χ3n) is 2.26.